The van der Waals surface area contributed by atoms with Gasteiger partial charge >= 0.3 is 0 Å². The van der Waals surface area contributed by atoms with Gasteiger partial charge in [-0.1, -0.05) is 39.8 Å². The summed E-state index contributed by atoms with van der Waals surface area (Å²) in [6.45, 7) is 9.98. The molecule has 128 valence electrons. The predicted molar refractivity (Wildman–Crippen MR) is 100 cm³/mol. The van der Waals surface area contributed by atoms with Gasteiger partial charge in [0, 0.05) is 4.88 Å². The van der Waals surface area contributed by atoms with Crippen molar-refractivity contribution in [3.63, 3.8) is 0 Å². The molecular formula is C19H24N2O2S. The molecule has 2 N–H and O–H groups in total. The van der Waals surface area contributed by atoms with Crippen LogP contribution in [0.15, 0.2) is 34.7 Å². The lowest BCUT2D eigenvalue weighted by molar-refractivity contribution is 0.0952. The number of nitrogens with one attached hydrogen (secondary N) is 1. The molecule has 0 unspecified atom stereocenters. The maximum atomic E-state index is 12.5. The molecule has 1 heterocycles. The monoisotopic (exact) mass is 344 g/mol. The molecule has 0 aliphatic carbocycles. The second-order valence-corrected chi connectivity index (χ2v) is 7.38. The summed E-state index contributed by atoms with van der Waals surface area (Å²) in [6, 6.07) is 7.61. The van der Waals surface area contributed by atoms with Gasteiger partial charge in [0.25, 0.3) is 5.91 Å². The van der Waals surface area contributed by atoms with Crippen molar-refractivity contribution in [2.75, 3.05) is 0 Å². The van der Waals surface area contributed by atoms with Gasteiger partial charge in [-0.2, -0.15) is 5.10 Å². The topological polar surface area (TPSA) is 61.7 Å². The number of thiophene rings is 1. The van der Waals surface area contributed by atoms with E-state index in [1.54, 1.807) is 17.4 Å². The number of aromatic hydroxyl groups is 1. The molecule has 0 spiro atoms. The molecule has 0 aliphatic rings. The Bertz CT molecular complexity index is 747. The first-order chi connectivity index (χ1) is 11.3. The minimum atomic E-state index is -0.396. The molecule has 1 amide bonds. The van der Waals surface area contributed by atoms with E-state index in [1.165, 1.54) is 0 Å². The number of hydrogen-bond acceptors (Lipinski definition) is 4. The van der Waals surface area contributed by atoms with Gasteiger partial charge in [0.1, 0.15) is 5.75 Å². The molecule has 0 fully saturated rings. The Hall–Kier alpha value is -2.14. The number of nitrogens with zero attached hydrogens (tertiary/aromatic N) is 1. The van der Waals surface area contributed by atoms with Gasteiger partial charge in [-0.15, -0.1) is 11.3 Å². The summed E-state index contributed by atoms with van der Waals surface area (Å²) in [5.74, 6) is 0.0429. The van der Waals surface area contributed by atoms with E-state index < -0.39 is 5.91 Å². The third kappa shape index (κ3) is 4.03. The van der Waals surface area contributed by atoms with Crippen molar-refractivity contribution in [3.05, 3.63) is 51.2 Å². The molecule has 0 atom stereocenters. The highest BCUT2D eigenvalue weighted by atomic mass is 32.1. The molecule has 1 aromatic carbocycles. The lowest BCUT2D eigenvalue weighted by Gasteiger charge is -2.16. The van der Waals surface area contributed by atoms with Gasteiger partial charge in [0.2, 0.25) is 0 Å². The van der Waals surface area contributed by atoms with Crippen LogP contribution in [0.4, 0.5) is 0 Å². The zero-order valence-corrected chi connectivity index (χ0v) is 15.6. The van der Waals surface area contributed by atoms with Crippen LogP contribution in [0.3, 0.4) is 0 Å². The first kappa shape index (κ1) is 18.2. The summed E-state index contributed by atoms with van der Waals surface area (Å²) in [5.41, 5.74) is 5.38. The van der Waals surface area contributed by atoms with Gasteiger partial charge in [0.15, 0.2) is 0 Å². The lowest BCUT2D eigenvalue weighted by atomic mass is 9.92. The quantitative estimate of drug-likeness (QED) is 0.601. The van der Waals surface area contributed by atoms with Gasteiger partial charge in [-0.05, 0) is 47.4 Å². The van der Waals surface area contributed by atoms with Crippen molar-refractivity contribution in [1.82, 2.24) is 5.43 Å². The zero-order valence-electron chi connectivity index (χ0n) is 14.8. The number of benzene rings is 1. The van der Waals surface area contributed by atoms with Crippen LogP contribution in [-0.2, 0) is 0 Å². The van der Waals surface area contributed by atoms with Crippen molar-refractivity contribution in [1.29, 1.82) is 0 Å². The van der Waals surface area contributed by atoms with Crippen molar-refractivity contribution in [2.24, 2.45) is 5.10 Å². The fourth-order valence-corrected chi connectivity index (χ4v) is 3.04. The fourth-order valence-electron chi connectivity index (χ4n) is 2.36. The summed E-state index contributed by atoms with van der Waals surface area (Å²) in [4.78, 5) is 13.5. The summed E-state index contributed by atoms with van der Waals surface area (Å²) >= 11 is 1.56. The van der Waals surface area contributed by atoms with Crippen molar-refractivity contribution >= 4 is 23.0 Å². The predicted octanol–water partition coefficient (Wildman–Crippen LogP) is 4.85. The first-order valence-electron chi connectivity index (χ1n) is 8.06. The first-order valence-corrected chi connectivity index (χ1v) is 8.94. The Kier molecular flexibility index (Phi) is 5.78. The largest absolute Gasteiger partial charge is 0.507 e. The molecule has 0 aliphatic heterocycles. The molecule has 0 radical (unpaired) electrons. The molecule has 2 rings (SSSR count). The van der Waals surface area contributed by atoms with Crippen LogP contribution >= 0.6 is 11.3 Å². The van der Waals surface area contributed by atoms with E-state index in [2.05, 4.69) is 24.4 Å². The van der Waals surface area contributed by atoms with Gasteiger partial charge < -0.3 is 5.11 Å². The number of phenolic OH excluding ortho intramolecular Hbond substituents is 1. The molecule has 24 heavy (non-hydrogen) atoms. The third-order valence-electron chi connectivity index (χ3n) is 3.90. The maximum Gasteiger partial charge on any atom is 0.275 e. The van der Waals surface area contributed by atoms with E-state index in [4.69, 9.17) is 0 Å². The Morgan fingerprint density at radius 3 is 2.46 bits per heavy atom. The van der Waals surface area contributed by atoms with Crippen LogP contribution in [0.25, 0.3) is 0 Å². The van der Waals surface area contributed by atoms with Gasteiger partial charge in [0.05, 0.1) is 11.3 Å². The van der Waals surface area contributed by atoms with Crippen LogP contribution in [0, 0.1) is 0 Å². The Balaban J connectivity index is 2.33. The average Bonchev–Trinajstić information content (AvgIpc) is 3.06. The molecule has 5 heteroatoms. The van der Waals surface area contributed by atoms with Gasteiger partial charge in [-0.3, -0.25) is 4.79 Å². The summed E-state index contributed by atoms with van der Waals surface area (Å²) in [6.07, 6.45) is 0. The van der Waals surface area contributed by atoms with E-state index in [1.807, 2.05) is 44.4 Å². The van der Waals surface area contributed by atoms with Gasteiger partial charge in [-0.25, -0.2) is 5.43 Å². The molecule has 0 saturated heterocycles. The number of carbonyl (C=O) groups excluding carboxylic acids is 1. The van der Waals surface area contributed by atoms with E-state index in [0.717, 1.165) is 21.7 Å². The lowest BCUT2D eigenvalue weighted by Crippen LogP contribution is -2.20. The van der Waals surface area contributed by atoms with E-state index >= 15 is 0 Å². The summed E-state index contributed by atoms with van der Waals surface area (Å²) < 4.78 is 0. The minimum absolute atomic E-state index is 0.0378. The van der Waals surface area contributed by atoms with E-state index in [0.29, 0.717) is 0 Å². The number of rotatable bonds is 5. The standard InChI is InChI=1S/C19H24N2O2S/c1-11(2)14-9-15(12(3)4)18(22)16(10-14)19(23)21-20-13(5)17-7-6-8-24-17/h6-12,22H,1-5H3,(H,21,23)/b20-13-. The third-order valence-corrected chi connectivity index (χ3v) is 4.88. The molecule has 1 aromatic heterocycles. The number of phenols is 1. The van der Waals surface area contributed by atoms with Crippen LogP contribution in [0.5, 0.6) is 5.75 Å². The molecule has 0 bridgehead atoms. The average molecular weight is 344 g/mol. The van der Waals surface area contributed by atoms with Crippen LogP contribution in [-0.4, -0.2) is 16.7 Å². The Labute approximate surface area is 147 Å². The molecular weight excluding hydrogens is 320 g/mol. The zero-order chi connectivity index (χ0) is 17.9. The van der Waals surface area contributed by atoms with Crippen molar-refractivity contribution in [3.8, 4) is 5.75 Å². The second kappa shape index (κ2) is 7.62. The van der Waals surface area contributed by atoms with Crippen molar-refractivity contribution < 1.29 is 9.90 Å². The second-order valence-electron chi connectivity index (χ2n) is 6.43. The number of hydrogen-bond donors (Lipinski definition) is 2. The highest BCUT2D eigenvalue weighted by Gasteiger charge is 2.19. The van der Waals surface area contributed by atoms with Crippen LogP contribution in [0.2, 0.25) is 0 Å². The van der Waals surface area contributed by atoms with E-state index in [9.17, 15) is 9.90 Å². The van der Waals surface area contributed by atoms with E-state index in [-0.39, 0.29) is 23.1 Å². The maximum absolute atomic E-state index is 12.5. The highest BCUT2D eigenvalue weighted by molar-refractivity contribution is 7.12. The minimum Gasteiger partial charge on any atom is -0.507 e. The van der Waals surface area contributed by atoms with Crippen LogP contribution < -0.4 is 5.43 Å². The fraction of sp³-hybridized carbons (Fsp3) is 0.368. The van der Waals surface area contributed by atoms with Crippen LogP contribution in [0.1, 0.15) is 72.8 Å². The Morgan fingerprint density at radius 2 is 1.92 bits per heavy atom. The SMILES string of the molecule is C/C(=N/NC(=O)c1cc(C(C)C)cc(C(C)C)c1O)c1cccs1. The summed E-state index contributed by atoms with van der Waals surface area (Å²) in [5, 5.41) is 16.6. The molecule has 0 saturated carbocycles. The molecule has 4 nitrogen and oxygen atoms in total. The number of carbonyl (C=O) groups is 1. The summed E-state index contributed by atoms with van der Waals surface area (Å²) in [7, 11) is 0. The smallest absolute Gasteiger partial charge is 0.275 e. The Morgan fingerprint density at radius 1 is 1.21 bits per heavy atom. The highest BCUT2D eigenvalue weighted by Crippen LogP contribution is 2.33. The van der Waals surface area contributed by atoms with Crippen molar-refractivity contribution in [2.45, 2.75) is 46.5 Å². The normalized spacial score (nSPS) is 12.0. The molecule has 2 aromatic rings. The number of amides is 1. The number of hydrazone groups is 1.